The van der Waals surface area contributed by atoms with E-state index in [9.17, 15) is 9.90 Å². The Balaban J connectivity index is 2.67. The minimum atomic E-state index is -1.68. The van der Waals surface area contributed by atoms with Crippen molar-refractivity contribution < 1.29 is 9.90 Å². The number of benzene rings is 1. The molecule has 0 radical (unpaired) electrons. The van der Waals surface area contributed by atoms with E-state index in [4.69, 9.17) is 6.42 Å². The number of rotatable bonds is 1. The highest BCUT2D eigenvalue weighted by Crippen LogP contribution is 2.36. The zero-order valence-electron chi connectivity index (χ0n) is 9.14. The summed E-state index contributed by atoms with van der Waals surface area (Å²) in [6.45, 7) is 0. The third-order valence-electron chi connectivity index (χ3n) is 2.63. The van der Waals surface area contributed by atoms with Gasteiger partial charge in [0.25, 0.3) is 5.91 Å². The molecular weight excluding hydrogens is 204 g/mol. The minimum Gasteiger partial charge on any atom is -0.356 e. The lowest BCUT2D eigenvalue weighted by Gasteiger charge is -2.34. The summed E-state index contributed by atoms with van der Waals surface area (Å²) in [5.41, 5.74) is -0.787. The molecule has 0 aromatic heterocycles. The van der Waals surface area contributed by atoms with Crippen LogP contribution in [0.25, 0.3) is 0 Å². The number of carbonyl (C=O) groups excluding carboxylic acids is 1. The second kappa shape index (κ2) is 3.34. The molecule has 0 saturated heterocycles. The van der Waals surface area contributed by atoms with Gasteiger partial charge >= 0.3 is 0 Å². The van der Waals surface area contributed by atoms with Gasteiger partial charge in [-0.15, -0.1) is 6.42 Å². The normalized spacial score (nSPS) is 23.4. The van der Waals surface area contributed by atoms with Gasteiger partial charge in [0.15, 0.2) is 0 Å². The van der Waals surface area contributed by atoms with E-state index in [2.05, 4.69) is 5.92 Å². The lowest BCUT2D eigenvalue weighted by molar-refractivity contribution is -0.125. The van der Waals surface area contributed by atoms with Crippen LogP contribution in [0, 0.1) is 12.3 Å². The fourth-order valence-electron chi connectivity index (χ4n) is 1.96. The maximum Gasteiger partial charge on any atom is 0.272 e. The van der Waals surface area contributed by atoms with Crippen LogP contribution < -0.4 is 0 Å². The topological polar surface area (TPSA) is 43.8 Å². The van der Waals surface area contributed by atoms with E-state index in [1.165, 1.54) is 5.01 Å². The Morgan fingerprint density at radius 3 is 2.62 bits per heavy atom. The molecule has 0 saturated carbocycles. The fraction of sp³-hybridized carbons (Fsp3) is 0.250. The number of hydrazine groups is 1. The van der Waals surface area contributed by atoms with Crippen molar-refractivity contribution in [1.29, 1.82) is 0 Å². The van der Waals surface area contributed by atoms with Crippen molar-refractivity contribution >= 4 is 5.91 Å². The monoisotopic (exact) mass is 216 g/mol. The molecule has 1 aliphatic heterocycles. The van der Waals surface area contributed by atoms with Gasteiger partial charge in [-0.05, 0) is 12.0 Å². The first-order valence-corrected chi connectivity index (χ1v) is 4.84. The second-order valence-corrected chi connectivity index (χ2v) is 3.83. The van der Waals surface area contributed by atoms with Crippen molar-refractivity contribution in [3.8, 4) is 12.3 Å². The number of hydrogen-bond acceptors (Lipinski definition) is 3. The van der Waals surface area contributed by atoms with Crippen LogP contribution in [0.5, 0.6) is 0 Å². The summed E-state index contributed by atoms with van der Waals surface area (Å²) in [7, 11) is 3.32. The van der Waals surface area contributed by atoms with Crippen LogP contribution in [-0.4, -0.2) is 35.1 Å². The number of hydrogen-bond donors (Lipinski definition) is 1. The van der Waals surface area contributed by atoms with Gasteiger partial charge in [-0.3, -0.25) is 4.79 Å². The molecule has 0 bridgehead atoms. The maximum atomic E-state index is 12.0. The van der Waals surface area contributed by atoms with Crippen molar-refractivity contribution in [2.45, 2.75) is 5.72 Å². The van der Waals surface area contributed by atoms with Crippen LogP contribution in [0.1, 0.15) is 15.9 Å². The van der Waals surface area contributed by atoms with Crippen molar-refractivity contribution in [3.63, 3.8) is 0 Å². The highest BCUT2D eigenvalue weighted by atomic mass is 16.3. The quantitative estimate of drug-likeness (QED) is 0.691. The second-order valence-electron chi connectivity index (χ2n) is 3.83. The zero-order valence-corrected chi connectivity index (χ0v) is 9.14. The number of fused-ring (bicyclic) bond motifs is 1. The van der Waals surface area contributed by atoms with Crippen molar-refractivity contribution in [2.75, 3.05) is 14.1 Å². The van der Waals surface area contributed by atoms with Gasteiger partial charge in [0.05, 0.1) is 5.56 Å². The molecule has 82 valence electrons. The van der Waals surface area contributed by atoms with Crippen LogP contribution in [0.15, 0.2) is 24.3 Å². The SMILES string of the molecule is C#CC1(O)c2ccccc2C(=O)N1N(C)C. The van der Waals surface area contributed by atoms with Gasteiger partial charge in [-0.2, -0.15) is 0 Å². The van der Waals surface area contributed by atoms with Gasteiger partial charge in [-0.1, -0.05) is 18.2 Å². The third-order valence-corrected chi connectivity index (χ3v) is 2.63. The summed E-state index contributed by atoms with van der Waals surface area (Å²) < 4.78 is 0. The van der Waals surface area contributed by atoms with E-state index >= 15 is 0 Å². The van der Waals surface area contributed by atoms with Crippen molar-refractivity contribution in [1.82, 2.24) is 10.0 Å². The van der Waals surface area contributed by atoms with Crippen LogP contribution >= 0.6 is 0 Å². The van der Waals surface area contributed by atoms with E-state index in [0.29, 0.717) is 11.1 Å². The van der Waals surface area contributed by atoms with E-state index in [-0.39, 0.29) is 5.91 Å². The number of terminal acetylenes is 1. The average Bonchev–Trinajstić information content (AvgIpc) is 2.50. The molecule has 1 aromatic carbocycles. The molecule has 4 heteroatoms. The summed E-state index contributed by atoms with van der Waals surface area (Å²) in [5.74, 6) is 1.99. The Hall–Kier alpha value is -1.83. The van der Waals surface area contributed by atoms with E-state index in [1.807, 2.05) is 0 Å². The van der Waals surface area contributed by atoms with Crippen molar-refractivity contribution in [2.24, 2.45) is 0 Å². The Labute approximate surface area is 94.1 Å². The first-order chi connectivity index (χ1) is 7.52. The molecule has 0 fully saturated rings. The van der Waals surface area contributed by atoms with E-state index in [0.717, 1.165) is 5.01 Å². The van der Waals surface area contributed by atoms with Crippen LogP contribution in [-0.2, 0) is 5.72 Å². The highest BCUT2D eigenvalue weighted by Gasteiger charge is 2.48. The van der Waals surface area contributed by atoms with Gasteiger partial charge in [0.2, 0.25) is 5.72 Å². The molecule has 1 aliphatic rings. The first-order valence-electron chi connectivity index (χ1n) is 4.84. The predicted octanol–water partition coefficient (Wildman–Crippen LogP) is 0.397. The number of nitrogens with zero attached hydrogens (tertiary/aromatic N) is 2. The van der Waals surface area contributed by atoms with Gasteiger partial charge < -0.3 is 5.11 Å². The largest absolute Gasteiger partial charge is 0.356 e. The van der Waals surface area contributed by atoms with Crippen LogP contribution in [0.3, 0.4) is 0 Å². The summed E-state index contributed by atoms with van der Waals surface area (Å²) >= 11 is 0. The standard InChI is InChI=1S/C12H12N2O2/c1-4-12(16)10-8-6-5-7-9(10)11(15)14(12)13(2)3/h1,5-8,16H,2-3H3. The molecule has 1 aromatic rings. The number of carbonyl (C=O) groups is 1. The summed E-state index contributed by atoms with van der Waals surface area (Å²) in [6.07, 6.45) is 5.35. The Bertz CT molecular complexity index is 490. The highest BCUT2D eigenvalue weighted by molar-refractivity contribution is 5.99. The lowest BCUT2D eigenvalue weighted by Crippen LogP contribution is -2.50. The molecule has 1 amide bonds. The summed E-state index contributed by atoms with van der Waals surface area (Å²) in [5, 5.41) is 13.0. The Kier molecular flexibility index (Phi) is 2.23. The molecular formula is C12H12N2O2. The summed E-state index contributed by atoms with van der Waals surface area (Å²) in [4.78, 5) is 12.0. The molecule has 1 atom stereocenters. The third kappa shape index (κ3) is 1.16. The predicted molar refractivity (Wildman–Crippen MR) is 59.0 cm³/mol. The minimum absolute atomic E-state index is 0.291. The maximum absolute atomic E-state index is 12.0. The fourth-order valence-corrected chi connectivity index (χ4v) is 1.96. The van der Waals surface area contributed by atoms with Crippen molar-refractivity contribution in [3.05, 3.63) is 35.4 Å². The Morgan fingerprint density at radius 2 is 2.06 bits per heavy atom. The Morgan fingerprint density at radius 1 is 1.44 bits per heavy atom. The van der Waals surface area contributed by atoms with Crippen LogP contribution in [0.2, 0.25) is 0 Å². The molecule has 1 N–H and O–H groups in total. The number of amides is 1. The van der Waals surface area contributed by atoms with Gasteiger partial charge in [-0.25, -0.2) is 10.0 Å². The van der Waals surface area contributed by atoms with Gasteiger partial charge in [0, 0.05) is 19.7 Å². The smallest absolute Gasteiger partial charge is 0.272 e. The average molecular weight is 216 g/mol. The molecule has 1 unspecified atom stereocenters. The zero-order chi connectivity index (χ0) is 11.9. The first kappa shape index (κ1) is 10.7. The lowest BCUT2D eigenvalue weighted by atomic mass is 10.0. The van der Waals surface area contributed by atoms with Gasteiger partial charge in [0.1, 0.15) is 0 Å². The van der Waals surface area contributed by atoms with E-state index in [1.54, 1.807) is 38.4 Å². The number of aliphatic hydroxyl groups is 1. The molecule has 0 spiro atoms. The molecule has 16 heavy (non-hydrogen) atoms. The molecule has 2 rings (SSSR count). The van der Waals surface area contributed by atoms with E-state index < -0.39 is 5.72 Å². The molecule has 1 heterocycles. The molecule has 0 aliphatic carbocycles. The van der Waals surface area contributed by atoms with Crippen LogP contribution in [0.4, 0.5) is 0 Å². The summed E-state index contributed by atoms with van der Waals surface area (Å²) in [6, 6.07) is 6.81. The molecule has 4 nitrogen and oxygen atoms in total.